The van der Waals surface area contributed by atoms with Gasteiger partial charge < -0.3 is 14.0 Å². The first-order valence-electron chi connectivity index (χ1n) is 4.92. The first-order valence-corrected chi connectivity index (χ1v) is 4.92. The monoisotopic (exact) mass is 229 g/mol. The Morgan fingerprint density at radius 1 is 1.24 bits per heavy atom. The zero-order valence-corrected chi connectivity index (χ0v) is 8.58. The lowest BCUT2D eigenvalue weighted by molar-refractivity contribution is 0.0686. The molecular weight excluding hydrogens is 222 g/mol. The molecule has 5 heteroatoms. The molecule has 0 atom stereocenters. The second kappa shape index (κ2) is 3.48. The summed E-state index contributed by atoms with van der Waals surface area (Å²) in [5.74, 6) is -0.709. The molecule has 0 unspecified atom stereocenters. The number of nitrogens with zero attached hydrogens (tertiary/aromatic N) is 1. The van der Waals surface area contributed by atoms with Crippen molar-refractivity contribution in [2.45, 2.75) is 0 Å². The summed E-state index contributed by atoms with van der Waals surface area (Å²) in [6.07, 6.45) is 1.59. The van der Waals surface area contributed by atoms with E-state index in [9.17, 15) is 4.79 Å². The Kier molecular flexibility index (Phi) is 1.98. The average molecular weight is 229 g/mol. The van der Waals surface area contributed by atoms with E-state index in [1.165, 1.54) is 6.07 Å². The van der Waals surface area contributed by atoms with Crippen LogP contribution in [0, 0.1) is 0 Å². The number of benzene rings is 1. The largest absolute Gasteiger partial charge is 0.476 e. The highest BCUT2D eigenvalue weighted by atomic mass is 16.5. The minimum atomic E-state index is -1.11. The minimum Gasteiger partial charge on any atom is -0.476 e. The molecule has 3 aromatic rings. The van der Waals surface area contributed by atoms with Gasteiger partial charge in [-0.15, -0.1) is 0 Å². The van der Waals surface area contributed by atoms with Crippen molar-refractivity contribution in [3.8, 4) is 11.3 Å². The molecule has 1 N–H and O–H groups in total. The Labute approximate surface area is 95.3 Å². The first-order chi connectivity index (χ1) is 8.24. The molecule has 5 nitrogen and oxygen atoms in total. The van der Waals surface area contributed by atoms with Crippen LogP contribution in [0.25, 0.3) is 22.3 Å². The van der Waals surface area contributed by atoms with Crippen molar-refractivity contribution < 1.29 is 18.8 Å². The zero-order valence-electron chi connectivity index (χ0n) is 8.58. The van der Waals surface area contributed by atoms with Crippen molar-refractivity contribution in [2.24, 2.45) is 0 Å². The number of rotatable bonds is 2. The third-order valence-corrected chi connectivity index (χ3v) is 2.47. The average Bonchev–Trinajstić information content (AvgIpc) is 2.97. The number of aromatic carboxylic acids is 1. The van der Waals surface area contributed by atoms with E-state index in [2.05, 4.69) is 5.16 Å². The molecule has 0 saturated carbocycles. The number of carbonyl (C=O) groups is 1. The fourth-order valence-electron chi connectivity index (χ4n) is 1.62. The molecule has 0 aliphatic carbocycles. The number of carboxylic acid groups (broad SMARTS) is 1. The molecule has 0 saturated heterocycles. The Hall–Kier alpha value is -2.56. The SMILES string of the molecule is O=C(O)c1cc(-c2ccc3ccoc3c2)on1. The fourth-order valence-corrected chi connectivity index (χ4v) is 1.62. The maximum Gasteiger partial charge on any atom is 0.358 e. The van der Waals surface area contributed by atoms with Gasteiger partial charge in [0.05, 0.1) is 6.26 Å². The highest BCUT2D eigenvalue weighted by molar-refractivity contribution is 5.87. The molecule has 0 aliphatic rings. The molecule has 84 valence electrons. The van der Waals surface area contributed by atoms with E-state index in [4.69, 9.17) is 14.0 Å². The Bertz CT molecular complexity index is 695. The number of hydrogen-bond acceptors (Lipinski definition) is 4. The summed E-state index contributed by atoms with van der Waals surface area (Å²) in [6.45, 7) is 0. The highest BCUT2D eigenvalue weighted by Gasteiger charge is 2.12. The summed E-state index contributed by atoms with van der Waals surface area (Å²) in [5.41, 5.74) is 1.34. The first kappa shape index (κ1) is 9.65. The summed E-state index contributed by atoms with van der Waals surface area (Å²) < 4.78 is 10.2. The lowest BCUT2D eigenvalue weighted by atomic mass is 10.1. The Morgan fingerprint density at radius 3 is 2.88 bits per heavy atom. The van der Waals surface area contributed by atoms with Crippen molar-refractivity contribution in [2.75, 3.05) is 0 Å². The van der Waals surface area contributed by atoms with Gasteiger partial charge in [-0.3, -0.25) is 0 Å². The van der Waals surface area contributed by atoms with Crippen LogP contribution in [0.15, 0.2) is 45.5 Å². The zero-order chi connectivity index (χ0) is 11.8. The molecule has 1 aromatic carbocycles. The van der Waals surface area contributed by atoms with Gasteiger partial charge in [0.25, 0.3) is 0 Å². The van der Waals surface area contributed by atoms with Gasteiger partial charge in [0.2, 0.25) is 0 Å². The molecule has 3 rings (SSSR count). The standard InChI is InChI=1S/C12H7NO4/c14-12(15)9-6-11(17-13-9)8-2-1-7-3-4-16-10(7)5-8/h1-6H,(H,14,15). The van der Waals surface area contributed by atoms with Gasteiger partial charge in [0.1, 0.15) is 5.58 Å². The lowest BCUT2D eigenvalue weighted by Crippen LogP contribution is -1.94. The second-order valence-corrected chi connectivity index (χ2v) is 3.55. The number of fused-ring (bicyclic) bond motifs is 1. The van der Waals surface area contributed by atoms with Crippen LogP contribution in [0.4, 0.5) is 0 Å². The highest BCUT2D eigenvalue weighted by Crippen LogP contribution is 2.25. The summed E-state index contributed by atoms with van der Waals surface area (Å²) in [7, 11) is 0. The maximum absolute atomic E-state index is 10.7. The van der Waals surface area contributed by atoms with E-state index < -0.39 is 5.97 Å². The van der Waals surface area contributed by atoms with E-state index in [1.54, 1.807) is 12.3 Å². The molecule has 2 heterocycles. The van der Waals surface area contributed by atoms with Crippen LogP contribution < -0.4 is 0 Å². The van der Waals surface area contributed by atoms with E-state index in [0.29, 0.717) is 5.76 Å². The van der Waals surface area contributed by atoms with Gasteiger partial charge in [0.15, 0.2) is 11.5 Å². The summed E-state index contributed by atoms with van der Waals surface area (Å²) in [6, 6.07) is 8.71. The van der Waals surface area contributed by atoms with E-state index in [1.807, 2.05) is 18.2 Å². The van der Waals surface area contributed by atoms with Crippen molar-refractivity contribution >= 4 is 16.9 Å². The molecule has 0 radical (unpaired) electrons. The van der Waals surface area contributed by atoms with Crippen LogP contribution in [0.3, 0.4) is 0 Å². The molecular formula is C12H7NO4. The van der Waals surface area contributed by atoms with Crippen LogP contribution in [0.1, 0.15) is 10.5 Å². The number of aromatic nitrogens is 1. The van der Waals surface area contributed by atoms with Crippen molar-refractivity contribution in [3.63, 3.8) is 0 Å². The summed E-state index contributed by atoms with van der Waals surface area (Å²) in [5, 5.41) is 13.2. The summed E-state index contributed by atoms with van der Waals surface area (Å²) >= 11 is 0. The second-order valence-electron chi connectivity index (χ2n) is 3.55. The van der Waals surface area contributed by atoms with Crippen molar-refractivity contribution in [1.29, 1.82) is 0 Å². The van der Waals surface area contributed by atoms with Crippen LogP contribution in [0.5, 0.6) is 0 Å². The predicted octanol–water partition coefficient (Wildman–Crippen LogP) is 2.79. The Morgan fingerprint density at radius 2 is 2.12 bits per heavy atom. The third kappa shape index (κ3) is 1.57. The maximum atomic E-state index is 10.7. The van der Waals surface area contributed by atoms with Gasteiger partial charge in [-0.1, -0.05) is 17.3 Å². The number of hydrogen-bond donors (Lipinski definition) is 1. The Balaban J connectivity index is 2.09. The minimum absolute atomic E-state index is 0.112. The van der Waals surface area contributed by atoms with Crippen LogP contribution in [-0.2, 0) is 0 Å². The number of furan rings is 1. The molecule has 0 bridgehead atoms. The molecule has 17 heavy (non-hydrogen) atoms. The topological polar surface area (TPSA) is 76.5 Å². The normalized spacial score (nSPS) is 10.8. The lowest BCUT2D eigenvalue weighted by Gasteiger charge is -1.94. The fraction of sp³-hybridized carbons (Fsp3) is 0. The van der Waals surface area contributed by atoms with Gasteiger partial charge >= 0.3 is 5.97 Å². The van der Waals surface area contributed by atoms with E-state index in [-0.39, 0.29) is 5.69 Å². The molecule has 0 spiro atoms. The van der Waals surface area contributed by atoms with Gasteiger partial charge in [-0.25, -0.2) is 4.79 Å². The van der Waals surface area contributed by atoms with Crippen LogP contribution >= 0.6 is 0 Å². The van der Waals surface area contributed by atoms with Gasteiger partial charge in [0, 0.05) is 17.0 Å². The smallest absolute Gasteiger partial charge is 0.358 e. The van der Waals surface area contributed by atoms with Crippen LogP contribution in [-0.4, -0.2) is 16.2 Å². The van der Waals surface area contributed by atoms with E-state index >= 15 is 0 Å². The molecule has 0 fully saturated rings. The van der Waals surface area contributed by atoms with E-state index in [0.717, 1.165) is 16.5 Å². The molecule has 0 aliphatic heterocycles. The van der Waals surface area contributed by atoms with Crippen molar-refractivity contribution in [1.82, 2.24) is 5.16 Å². The van der Waals surface area contributed by atoms with Gasteiger partial charge in [-0.2, -0.15) is 0 Å². The van der Waals surface area contributed by atoms with Crippen LogP contribution in [0.2, 0.25) is 0 Å². The molecule has 0 amide bonds. The predicted molar refractivity (Wildman–Crippen MR) is 58.7 cm³/mol. The molecule has 2 aromatic heterocycles. The quantitative estimate of drug-likeness (QED) is 0.731. The third-order valence-electron chi connectivity index (χ3n) is 2.47. The number of carboxylic acids is 1. The van der Waals surface area contributed by atoms with Gasteiger partial charge in [-0.05, 0) is 12.1 Å². The summed E-state index contributed by atoms with van der Waals surface area (Å²) in [4.78, 5) is 10.7. The van der Waals surface area contributed by atoms with Crippen molar-refractivity contribution in [3.05, 3.63) is 42.3 Å².